The van der Waals surface area contributed by atoms with E-state index in [0.29, 0.717) is 0 Å². The van der Waals surface area contributed by atoms with E-state index in [9.17, 15) is 20.2 Å². The normalized spacial score (nSPS) is 27.2. The number of nitro groups is 2. The molecule has 0 aromatic heterocycles. The first-order valence-electron chi connectivity index (χ1n) is 3.04. The van der Waals surface area contributed by atoms with Gasteiger partial charge in [0.15, 0.2) is 0 Å². The maximum absolute atomic E-state index is 10.3. The van der Waals surface area contributed by atoms with Crippen molar-refractivity contribution in [3.63, 3.8) is 0 Å². The standard InChI is InChI=1S/C4H7N3O4/c1-3-4(2-5-3,6(8)9)7(10)11/h3,5H,2H2,1H3. The van der Waals surface area contributed by atoms with Crippen LogP contribution in [0.25, 0.3) is 0 Å². The first-order valence-corrected chi connectivity index (χ1v) is 3.04. The van der Waals surface area contributed by atoms with E-state index >= 15 is 0 Å². The molecule has 1 fully saturated rings. The zero-order chi connectivity index (χ0) is 8.65. The van der Waals surface area contributed by atoms with Crippen molar-refractivity contribution in [1.82, 2.24) is 5.32 Å². The van der Waals surface area contributed by atoms with Crippen LogP contribution in [0, 0.1) is 20.2 Å². The van der Waals surface area contributed by atoms with Crippen molar-refractivity contribution in [2.24, 2.45) is 0 Å². The molecule has 7 nitrogen and oxygen atoms in total. The van der Waals surface area contributed by atoms with Crippen LogP contribution in [0.15, 0.2) is 0 Å². The van der Waals surface area contributed by atoms with Crippen molar-refractivity contribution in [1.29, 1.82) is 0 Å². The third-order valence-corrected chi connectivity index (χ3v) is 1.99. The Morgan fingerprint density at radius 2 is 1.91 bits per heavy atom. The molecule has 0 spiro atoms. The Hall–Kier alpha value is -1.24. The third-order valence-electron chi connectivity index (χ3n) is 1.99. The summed E-state index contributed by atoms with van der Waals surface area (Å²) in [7, 11) is 0. The van der Waals surface area contributed by atoms with E-state index in [4.69, 9.17) is 0 Å². The monoisotopic (exact) mass is 161 g/mol. The topological polar surface area (TPSA) is 98.3 Å². The van der Waals surface area contributed by atoms with Crippen molar-refractivity contribution in [2.75, 3.05) is 6.54 Å². The molecule has 0 radical (unpaired) electrons. The summed E-state index contributed by atoms with van der Waals surface area (Å²) in [6.07, 6.45) is 0. The van der Waals surface area contributed by atoms with E-state index in [-0.39, 0.29) is 6.54 Å². The van der Waals surface area contributed by atoms with Gasteiger partial charge in [0.1, 0.15) is 22.4 Å². The van der Waals surface area contributed by atoms with E-state index in [2.05, 4.69) is 5.32 Å². The Kier molecular flexibility index (Phi) is 1.52. The molecule has 1 saturated heterocycles. The van der Waals surface area contributed by atoms with Gasteiger partial charge < -0.3 is 0 Å². The highest BCUT2D eigenvalue weighted by molar-refractivity contribution is 4.92. The first kappa shape index (κ1) is 7.86. The van der Waals surface area contributed by atoms with Crippen molar-refractivity contribution in [2.45, 2.75) is 18.6 Å². The van der Waals surface area contributed by atoms with Crippen molar-refractivity contribution >= 4 is 0 Å². The average molecular weight is 161 g/mol. The fourth-order valence-corrected chi connectivity index (χ4v) is 1.00. The summed E-state index contributed by atoms with van der Waals surface area (Å²) in [6, 6.07) is -0.688. The maximum Gasteiger partial charge on any atom is 0.484 e. The number of nitrogens with one attached hydrogen (secondary N) is 1. The first-order chi connectivity index (χ1) is 5.01. The molecule has 1 aliphatic heterocycles. The highest BCUT2D eigenvalue weighted by Crippen LogP contribution is 2.22. The second-order valence-electron chi connectivity index (χ2n) is 2.50. The molecule has 0 amide bonds. The van der Waals surface area contributed by atoms with Gasteiger partial charge in [0.05, 0.1) is 0 Å². The summed E-state index contributed by atoms with van der Waals surface area (Å²) in [5.41, 5.74) is -1.99. The Bertz CT molecular complexity index is 201. The van der Waals surface area contributed by atoms with Crippen LogP contribution in [0.4, 0.5) is 0 Å². The molecule has 1 atom stereocenters. The van der Waals surface area contributed by atoms with Crippen molar-refractivity contribution in [3.05, 3.63) is 20.2 Å². The molecule has 1 rings (SSSR count). The fraction of sp³-hybridized carbons (Fsp3) is 1.00. The minimum atomic E-state index is -1.99. The highest BCUT2D eigenvalue weighted by atomic mass is 16.7. The summed E-state index contributed by atoms with van der Waals surface area (Å²) in [5.74, 6) is 0. The van der Waals surface area contributed by atoms with Gasteiger partial charge in [-0.3, -0.25) is 25.5 Å². The minimum absolute atomic E-state index is 0.186. The predicted octanol–water partition coefficient (Wildman–Crippen LogP) is -0.772. The van der Waals surface area contributed by atoms with Crippen LogP contribution in [0.3, 0.4) is 0 Å². The van der Waals surface area contributed by atoms with Crippen molar-refractivity contribution in [3.8, 4) is 0 Å². The van der Waals surface area contributed by atoms with Gasteiger partial charge in [-0.1, -0.05) is 0 Å². The SMILES string of the molecule is CC1NCC1([N+](=O)[O-])[N+](=O)[O-]. The molecule has 7 heteroatoms. The summed E-state index contributed by atoms with van der Waals surface area (Å²) in [4.78, 5) is 18.9. The van der Waals surface area contributed by atoms with Crippen LogP contribution in [0.1, 0.15) is 6.92 Å². The molecule has 62 valence electrons. The fourth-order valence-electron chi connectivity index (χ4n) is 1.00. The quantitative estimate of drug-likeness (QED) is 0.325. The summed E-state index contributed by atoms with van der Waals surface area (Å²) in [5, 5.41) is 23.1. The number of rotatable bonds is 2. The van der Waals surface area contributed by atoms with Gasteiger partial charge in [-0.05, 0) is 6.92 Å². The van der Waals surface area contributed by atoms with E-state index in [1.165, 1.54) is 6.92 Å². The van der Waals surface area contributed by atoms with Gasteiger partial charge in [-0.25, -0.2) is 0 Å². The van der Waals surface area contributed by atoms with Crippen LogP contribution >= 0.6 is 0 Å². The number of hydrogen-bond donors (Lipinski definition) is 1. The molecule has 11 heavy (non-hydrogen) atoms. The van der Waals surface area contributed by atoms with Crippen LogP contribution in [-0.4, -0.2) is 28.1 Å². The zero-order valence-electron chi connectivity index (χ0n) is 5.81. The second kappa shape index (κ2) is 2.12. The van der Waals surface area contributed by atoms with E-state index in [1.807, 2.05) is 0 Å². The van der Waals surface area contributed by atoms with Gasteiger partial charge in [0, 0.05) is 0 Å². The Balaban J connectivity index is 2.90. The van der Waals surface area contributed by atoms with Gasteiger partial charge in [-0.2, -0.15) is 0 Å². The van der Waals surface area contributed by atoms with Crippen LogP contribution < -0.4 is 5.32 Å². The van der Waals surface area contributed by atoms with Crippen LogP contribution in [0.5, 0.6) is 0 Å². The summed E-state index contributed by atoms with van der Waals surface area (Å²) in [6.45, 7) is 1.24. The molecule has 1 aliphatic rings. The Labute approximate surface area is 61.7 Å². The lowest BCUT2D eigenvalue weighted by molar-refractivity contribution is -0.810. The maximum atomic E-state index is 10.3. The Morgan fingerprint density at radius 3 is 1.91 bits per heavy atom. The van der Waals surface area contributed by atoms with E-state index in [0.717, 1.165) is 0 Å². The second-order valence-corrected chi connectivity index (χ2v) is 2.50. The molecule has 0 aromatic rings. The molecule has 1 N–H and O–H groups in total. The highest BCUT2D eigenvalue weighted by Gasteiger charge is 2.67. The largest absolute Gasteiger partial charge is 0.484 e. The molecular weight excluding hydrogens is 154 g/mol. The number of hydrogen-bond acceptors (Lipinski definition) is 5. The lowest BCUT2D eigenvalue weighted by atomic mass is 9.95. The van der Waals surface area contributed by atoms with Crippen LogP contribution in [0.2, 0.25) is 0 Å². The van der Waals surface area contributed by atoms with Gasteiger partial charge in [-0.15, -0.1) is 0 Å². The molecule has 0 aliphatic carbocycles. The van der Waals surface area contributed by atoms with Crippen molar-refractivity contribution < 1.29 is 9.85 Å². The zero-order valence-corrected chi connectivity index (χ0v) is 5.81. The smallest absolute Gasteiger partial charge is 0.288 e. The molecular formula is C4H7N3O4. The van der Waals surface area contributed by atoms with Gasteiger partial charge >= 0.3 is 5.66 Å². The summed E-state index contributed by atoms with van der Waals surface area (Å²) < 4.78 is 0. The third kappa shape index (κ3) is 0.773. The molecule has 1 heterocycles. The lowest BCUT2D eigenvalue weighted by Crippen LogP contribution is -2.74. The molecule has 0 bridgehead atoms. The summed E-state index contributed by atoms with van der Waals surface area (Å²) >= 11 is 0. The molecule has 1 unspecified atom stereocenters. The molecule has 0 saturated carbocycles. The van der Waals surface area contributed by atoms with E-state index < -0.39 is 21.6 Å². The van der Waals surface area contributed by atoms with E-state index in [1.54, 1.807) is 0 Å². The minimum Gasteiger partial charge on any atom is -0.288 e. The van der Waals surface area contributed by atoms with Crippen LogP contribution in [-0.2, 0) is 0 Å². The number of nitrogens with zero attached hydrogens (tertiary/aromatic N) is 2. The predicted molar refractivity (Wildman–Crippen MR) is 34.2 cm³/mol. The van der Waals surface area contributed by atoms with Gasteiger partial charge in [0.25, 0.3) is 0 Å². The Morgan fingerprint density at radius 1 is 1.45 bits per heavy atom. The lowest BCUT2D eigenvalue weighted by Gasteiger charge is -2.32. The van der Waals surface area contributed by atoms with Gasteiger partial charge in [0.2, 0.25) is 0 Å². The molecule has 0 aromatic carbocycles. The average Bonchev–Trinajstić information content (AvgIpc) is 1.83.